The number of aliphatic hydroxyl groups excluding tert-OH is 1. The number of benzene rings is 1. The molecule has 4 heteroatoms. The van der Waals surface area contributed by atoms with Gasteiger partial charge in [0, 0.05) is 11.8 Å². The van der Waals surface area contributed by atoms with E-state index in [0.717, 1.165) is 0 Å². The van der Waals surface area contributed by atoms with Crippen LogP contribution in [0.5, 0.6) is 11.6 Å². The van der Waals surface area contributed by atoms with Gasteiger partial charge in [-0.15, -0.1) is 0 Å². The molecule has 2 rings (SSSR count). The molecule has 0 aliphatic rings. The molecule has 1 aromatic heterocycles. The molecule has 0 aliphatic carbocycles. The maximum Gasteiger partial charge on any atom is 0.225 e. The summed E-state index contributed by atoms with van der Waals surface area (Å²) in [6.07, 6.45) is 0.816. The molecule has 0 saturated carbocycles. The van der Waals surface area contributed by atoms with Crippen molar-refractivity contribution in [2.24, 2.45) is 0 Å². The maximum atomic E-state index is 13.8. The van der Waals surface area contributed by atoms with E-state index in [4.69, 9.17) is 4.74 Å². The number of hydrogen-bond acceptors (Lipinski definition) is 3. The number of nitrogens with zero attached hydrogens (tertiary/aromatic N) is 1. The molecule has 1 atom stereocenters. The van der Waals surface area contributed by atoms with Gasteiger partial charge < -0.3 is 9.84 Å². The Morgan fingerprint density at radius 2 is 2.06 bits per heavy atom. The first-order chi connectivity index (χ1) is 8.59. The summed E-state index contributed by atoms with van der Waals surface area (Å²) >= 11 is 0. The highest BCUT2D eigenvalue weighted by molar-refractivity contribution is 5.36. The van der Waals surface area contributed by atoms with E-state index in [9.17, 15) is 9.50 Å². The molecule has 0 aliphatic heterocycles. The second kappa shape index (κ2) is 5.14. The average Bonchev–Trinajstić information content (AvgIpc) is 2.35. The van der Waals surface area contributed by atoms with Gasteiger partial charge in [0.2, 0.25) is 5.88 Å². The van der Waals surface area contributed by atoms with Crippen molar-refractivity contribution >= 4 is 0 Å². The van der Waals surface area contributed by atoms with Crippen molar-refractivity contribution in [2.45, 2.75) is 20.0 Å². The fourth-order valence-corrected chi connectivity index (χ4v) is 1.61. The first-order valence-corrected chi connectivity index (χ1v) is 5.65. The zero-order valence-corrected chi connectivity index (χ0v) is 10.2. The number of pyridine rings is 1. The predicted octanol–water partition coefficient (Wildman–Crippen LogP) is 3.37. The minimum atomic E-state index is -0.721. The molecule has 1 N–H and O–H groups in total. The van der Waals surface area contributed by atoms with Crippen LogP contribution in [0.2, 0.25) is 0 Å². The van der Waals surface area contributed by atoms with E-state index >= 15 is 0 Å². The molecule has 1 aromatic carbocycles. The van der Waals surface area contributed by atoms with Crippen molar-refractivity contribution in [3.05, 3.63) is 53.5 Å². The summed E-state index contributed by atoms with van der Waals surface area (Å²) in [7, 11) is 0. The molecule has 1 heterocycles. The number of hydrogen-bond donors (Lipinski definition) is 1. The molecule has 1 unspecified atom stereocenters. The lowest BCUT2D eigenvalue weighted by Crippen LogP contribution is -1.99. The van der Waals surface area contributed by atoms with E-state index in [1.807, 2.05) is 0 Å². The zero-order chi connectivity index (χ0) is 13.1. The molecule has 18 heavy (non-hydrogen) atoms. The Morgan fingerprint density at radius 3 is 2.78 bits per heavy atom. The van der Waals surface area contributed by atoms with Gasteiger partial charge >= 0.3 is 0 Å². The fraction of sp³-hybridized carbons (Fsp3) is 0.214. The van der Waals surface area contributed by atoms with Crippen LogP contribution in [-0.4, -0.2) is 10.1 Å². The molecule has 0 amide bonds. The van der Waals surface area contributed by atoms with Crippen LogP contribution in [0.25, 0.3) is 0 Å². The third-order valence-corrected chi connectivity index (χ3v) is 2.61. The normalized spacial score (nSPS) is 12.2. The highest BCUT2D eigenvalue weighted by atomic mass is 19.1. The van der Waals surface area contributed by atoms with E-state index in [-0.39, 0.29) is 11.6 Å². The number of aryl methyl sites for hydroxylation is 1. The van der Waals surface area contributed by atoms with Crippen molar-refractivity contribution < 1.29 is 14.2 Å². The molecule has 2 aromatic rings. The lowest BCUT2D eigenvalue weighted by atomic mass is 10.2. The van der Waals surface area contributed by atoms with Crippen molar-refractivity contribution in [3.8, 4) is 11.6 Å². The minimum Gasteiger partial charge on any atom is -0.436 e. The number of rotatable bonds is 3. The first-order valence-electron chi connectivity index (χ1n) is 5.65. The number of aromatic nitrogens is 1. The van der Waals surface area contributed by atoms with Gasteiger partial charge in [0.15, 0.2) is 11.6 Å². The van der Waals surface area contributed by atoms with Gasteiger partial charge in [-0.1, -0.05) is 12.1 Å². The summed E-state index contributed by atoms with van der Waals surface area (Å²) in [6.45, 7) is 3.27. The van der Waals surface area contributed by atoms with Crippen LogP contribution >= 0.6 is 0 Å². The van der Waals surface area contributed by atoms with E-state index in [0.29, 0.717) is 11.1 Å². The highest BCUT2D eigenvalue weighted by Gasteiger charge is 2.13. The third kappa shape index (κ3) is 2.49. The van der Waals surface area contributed by atoms with Crippen LogP contribution in [0.3, 0.4) is 0 Å². The molecule has 0 saturated heterocycles. The van der Waals surface area contributed by atoms with Crippen LogP contribution in [0, 0.1) is 12.7 Å². The molecule has 0 spiro atoms. The van der Waals surface area contributed by atoms with Crippen molar-refractivity contribution in [2.75, 3.05) is 0 Å². The lowest BCUT2D eigenvalue weighted by Gasteiger charge is -2.12. The van der Waals surface area contributed by atoms with Crippen LogP contribution < -0.4 is 4.74 Å². The molecule has 3 nitrogen and oxygen atoms in total. The number of halogens is 1. The predicted molar refractivity (Wildman–Crippen MR) is 66.1 cm³/mol. The summed E-state index contributed by atoms with van der Waals surface area (Å²) in [5.41, 5.74) is 1.03. The molecule has 0 bridgehead atoms. The van der Waals surface area contributed by atoms with E-state index in [1.54, 1.807) is 38.1 Å². The SMILES string of the molecule is Cc1cccc(Oc2ncccc2C(C)O)c1F. The largest absolute Gasteiger partial charge is 0.436 e. The van der Waals surface area contributed by atoms with Crippen LogP contribution in [0.4, 0.5) is 4.39 Å². The van der Waals surface area contributed by atoms with Crippen LogP contribution in [0.1, 0.15) is 24.2 Å². The molecule has 94 valence electrons. The van der Waals surface area contributed by atoms with Crippen molar-refractivity contribution in [1.29, 1.82) is 0 Å². The standard InChI is InChI=1S/C14H14FNO2/c1-9-5-3-7-12(13(9)15)18-14-11(10(2)17)6-4-8-16-14/h3-8,10,17H,1-2H3. The fourth-order valence-electron chi connectivity index (χ4n) is 1.61. The first kappa shape index (κ1) is 12.5. The average molecular weight is 247 g/mol. The van der Waals surface area contributed by atoms with Crippen molar-refractivity contribution in [1.82, 2.24) is 4.98 Å². The monoisotopic (exact) mass is 247 g/mol. The Kier molecular flexibility index (Phi) is 3.58. The third-order valence-electron chi connectivity index (χ3n) is 2.61. The summed E-state index contributed by atoms with van der Waals surface area (Å²) in [6, 6.07) is 8.29. The molecule has 0 radical (unpaired) electrons. The quantitative estimate of drug-likeness (QED) is 0.904. The second-order valence-corrected chi connectivity index (χ2v) is 4.06. The second-order valence-electron chi connectivity index (χ2n) is 4.06. The van der Waals surface area contributed by atoms with Gasteiger partial charge in [-0.2, -0.15) is 0 Å². The van der Waals surface area contributed by atoms with E-state index in [2.05, 4.69) is 4.98 Å². The Labute approximate surface area is 105 Å². The van der Waals surface area contributed by atoms with Gasteiger partial charge in [-0.25, -0.2) is 9.37 Å². The van der Waals surface area contributed by atoms with Crippen LogP contribution in [0.15, 0.2) is 36.5 Å². The van der Waals surface area contributed by atoms with Gasteiger partial charge in [0.1, 0.15) is 0 Å². The zero-order valence-electron chi connectivity index (χ0n) is 10.2. The Balaban J connectivity index is 2.37. The van der Waals surface area contributed by atoms with E-state index in [1.165, 1.54) is 12.3 Å². The highest BCUT2D eigenvalue weighted by Crippen LogP contribution is 2.29. The maximum absolute atomic E-state index is 13.8. The molecular weight excluding hydrogens is 233 g/mol. The molecule has 0 fully saturated rings. The van der Waals surface area contributed by atoms with Crippen molar-refractivity contribution in [3.63, 3.8) is 0 Å². The minimum absolute atomic E-state index is 0.107. The Hall–Kier alpha value is -1.94. The lowest BCUT2D eigenvalue weighted by molar-refractivity contribution is 0.194. The number of ether oxygens (including phenoxy) is 1. The van der Waals surface area contributed by atoms with Gasteiger partial charge in [0.05, 0.1) is 6.10 Å². The Morgan fingerprint density at radius 1 is 1.28 bits per heavy atom. The van der Waals surface area contributed by atoms with E-state index < -0.39 is 11.9 Å². The van der Waals surface area contributed by atoms with Crippen LogP contribution in [-0.2, 0) is 0 Å². The smallest absolute Gasteiger partial charge is 0.225 e. The summed E-state index contributed by atoms with van der Waals surface area (Å²) in [5.74, 6) is -0.0905. The van der Waals surface area contributed by atoms with Gasteiger partial charge in [0.25, 0.3) is 0 Å². The summed E-state index contributed by atoms with van der Waals surface area (Å²) < 4.78 is 19.2. The Bertz CT molecular complexity index is 555. The van der Waals surface area contributed by atoms with Gasteiger partial charge in [-0.3, -0.25) is 0 Å². The number of aliphatic hydroxyl groups is 1. The summed E-state index contributed by atoms with van der Waals surface area (Å²) in [4.78, 5) is 4.02. The summed E-state index contributed by atoms with van der Waals surface area (Å²) in [5, 5.41) is 9.59. The topological polar surface area (TPSA) is 42.4 Å². The molecular formula is C14H14FNO2. The van der Waals surface area contributed by atoms with Gasteiger partial charge in [-0.05, 0) is 37.6 Å².